The van der Waals surface area contributed by atoms with E-state index in [4.69, 9.17) is 4.74 Å². The molecule has 0 bridgehead atoms. The van der Waals surface area contributed by atoms with Crippen LogP contribution in [0.15, 0.2) is 53.8 Å². The smallest absolute Gasteiger partial charge is 0.191 e. The molecule has 5 nitrogen and oxygen atoms in total. The Labute approximate surface area is 161 Å². The molecule has 0 saturated carbocycles. The molecule has 0 fully saturated rings. The lowest BCUT2D eigenvalue weighted by Crippen LogP contribution is -2.38. The molecule has 2 N–H and O–H groups in total. The van der Waals surface area contributed by atoms with Crippen LogP contribution in [0.1, 0.15) is 19.4 Å². The molecule has 1 heterocycles. The quantitative estimate of drug-likeness (QED) is 0.393. The lowest BCUT2D eigenvalue weighted by Gasteiger charge is -2.14. The van der Waals surface area contributed by atoms with Gasteiger partial charge in [0.05, 0.1) is 6.10 Å². The number of benzene rings is 1. The van der Waals surface area contributed by atoms with E-state index in [0.29, 0.717) is 6.54 Å². The van der Waals surface area contributed by atoms with Crippen molar-refractivity contribution < 1.29 is 4.74 Å². The van der Waals surface area contributed by atoms with Gasteiger partial charge in [0.1, 0.15) is 5.75 Å². The van der Waals surface area contributed by atoms with Crippen molar-refractivity contribution in [2.24, 2.45) is 4.99 Å². The zero-order chi connectivity index (χ0) is 16.5. The van der Waals surface area contributed by atoms with Crippen LogP contribution in [0.4, 0.5) is 0 Å². The van der Waals surface area contributed by atoms with Gasteiger partial charge in [0, 0.05) is 39.1 Å². The van der Waals surface area contributed by atoms with Crippen LogP contribution in [0, 0.1) is 0 Å². The summed E-state index contributed by atoms with van der Waals surface area (Å²) in [5.41, 5.74) is 1.16. The summed E-state index contributed by atoms with van der Waals surface area (Å²) in [5.74, 6) is 1.70. The highest BCUT2D eigenvalue weighted by molar-refractivity contribution is 14.0. The number of hydrogen-bond acceptors (Lipinski definition) is 2. The monoisotopic (exact) mass is 442 g/mol. The predicted molar refractivity (Wildman–Crippen MR) is 110 cm³/mol. The zero-order valence-electron chi connectivity index (χ0n) is 14.5. The summed E-state index contributed by atoms with van der Waals surface area (Å²) in [7, 11) is 1.78. The summed E-state index contributed by atoms with van der Waals surface area (Å²) in [6.07, 6.45) is 4.29. The molecule has 0 aliphatic carbocycles. The summed E-state index contributed by atoms with van der Waals surface area (Å²) < 4.78 is 7.85. The van der Waals surface area contributed by atoms with Crippen LogP contribution >= 0.6 is 24.0 Å². The molecule has 0 unspecified atom stereocenters. The van der Waals surface area contributed by atoms with Crippen molar-refractivity contribution in [3.63, 3.8) is 0 Å². The van der Waals surface area contributed by atoms with Crippen molar-refractivity contribution in [2.45, 2.75) is 33.0 Å². The van der Waals surface area contributed by atoms with E-state index in [-0.39, 0.29) is 30.1 Å². The molecule has 0 spiro atoms. The van der Waals surface area contributed by atoms with E-state index >= 15 is 0 Å². The van der Waals surface area contributed by atoms with E-state index in [0.717, 1.165) is 30.4 Å². The Hall–Kier alpha value is -1.70. The zero-order valence-corrected chi connectivity index (χ0v) is 16.9. The van der Waals surface area contributed by atoms with Crippen LogP contribution in [-0.4, -0.2) is 30.2 Å². The van der Waals surface area contributed by atoms with Gasteiger partial charge in [-0.25, -0.2) is 0 Å². The van der Waals surface area contributed by atoms with E-state index in [2.05, 4.69) is 44.7 Å². The van der Waals surface area contributed by atoms with Gasteiger partial charge >= 0.3 is 0 Å². The second-order valence-corrected chi connectivity index (χ2v) is 5.59. The number of nitrogens with zero attached hydrogens (tertiary/aromatic N) is 2. The average molecular weight is 442 g/mol. The minimum absolute atomic E-state index is 0. The predicted octanol–water partition coefficient (Wildman–Crippen LogP) is 3.26. The lowest BCUT2D eigenvalue weighted by molar-refractivity contribution is 0.242. The molecule has 0 aliphatic heterocycles. The molecule has 0 atom stereocenters. The standard InChI is InChI=1S/C18H26N4O.HI/c1-15(2)23-17-8-6-7-16(13-17)14-21-18(19-3)20-9-12-22-10-4-5-11-22;/h4-8,10-11,13,15H,9,12,14H2,1-3H3,(H2,19,20,21);1H. The second-order valence-electron chi connectivity index (χ2n) is 5.59. The Morgan fingerprint density at radius 1 is 1.17 bits per heavy atom. The first-order valence-corrected chi connectivity index (χ1v) is 7.98. The number of halogens is 1. The third-order valence-corrected chi connectivity index (χ3v) is 3.28. The van der Waals surface area contributed by atoms with Crippen LogP contribution < -0.4 is 15.4 Å². The Balaban J connectivity index is 0.00000288. The lowest BCUT2D eigenvalue weighted by atomic mass is 10.2. The van der Waals surface area contributed by atoms with Crippen molar-refractivity contribution in [1.29, 1.82) is 0 Å². The normalized spacial score (nSPS) is 11.1. The second kappa shape index (κ2) is 11.0. The molecule has 0 amide bonds. The molecular formula is C18H27IN4O. The maximum Gasteiger partial charge on any atom is 0.191 e. The first-order chi connectivity index (χ1) is 11.2. The molecule has 2 aromatic rings. The summed E-state index contributed by atoms with van der Waals surface area (Å²) >= 11 is 0. The van der Waals surface area contributed by atoms with Gasteiger partial charge < -0.3 is 19.9 Å². The summed E-state index contributed by atoms with van der Waals surface area (Å²) in [6, 6.07) is 12.2. The molecule has 1 aromatic heterocycles. The maximum absolute atomic E-state index is 5.72. The summed E-state index contributed by atoms with van der Waals surface area (Å²) in [4.78, 5) is 4.25. The molecule has 132 valence electrons. The number of guanidine groups is 1. The number of aliphatic imine (C=N–C) groups is 1. The SMILES string of the molecule is CN=C(NCCn1cccc1)NCc1cccc(OC(C)C)c1.I. The van der Waals surface area contributed by atoms with Crippen LogP contribution in [-0.2, 0) is 13.1 Å². The largest absolute Gasteiger partial charge is 0.491 e. The van der Waals surface area contributed by atoms with E-state index in [1.165, 1.54) is 0 Å². The minimum atomic E-state index is 0. The van der Waals surface area contributed by atoms with Gasteiger partial charge in [0.15, 0.2) is 5.96 Å². The fraction of sp³-hybridized carbons (Fsp3) is 0.389. The average Bonchev–Trinajstić information content (AvgIpc) is 3.03. The first kappa shape index (κ1) is 20.3. The number of nitrogens with one attached hydrogen (secondary N) is 2. The van der Waals surface area contributed by atoms with Gasteiger partial charge in [-0.1, -0.05) is 12.1 Å². The summed E-state index contributed by atoms with van der Waals surface area (Å²) in [5, 5.41) is 6.63. The Kier molecular flexibility index (Phi) is 9.29. The van der Waals surface area contributed by atoms with Crippen molar-refractivity contribution in [1.82, 2.24) is 15.2 Å². The van der Waals surface area contributed by atoms with Gasteiger partial charge in [0.25, 0.3) is 0 Å². The van der Waals surface area contributed by atoms with Crippen LogP contribution in [0.25, 0.3) is 0 Å². The Morgan fingerprint density at radius 2 is 1.92 bits per heavy atom. The van der Waals surface area contributed by atoms with Gasteiger partial charge in [-0.05, 0) is 43.7 Å². The molecule has 6 heteroatoms. The van der Waals surface area contributed by atoms with E-state index in [9.17, 15) is 0 Å². The van der Waals surface area contributed by atoms with Gasteiger partial charge in [0.2, 0.25) is 0 Å². The van der Waals surface area contributed by atoms with Crippen molar-refractivity contribution >= 4 is 29.9 Å². The fourth-order valence-corrected chi connectivity index (χ4v) is 2.23. The van der Waals surface area contributed by atoms with E-state index in [1.807, 2.05) is 38.1 Å². The fourth-order valence-electron chi connectivity index (χ4n) is 2.23. The minimum Gasteiger partial charge on any atom is -0.491 e. The Bertz CT molecular complexity index is 611. The molecule has 0 aliphatic rings. The van der Waals surface area contributed by atoms with E-state index in [1.54, 1.807) is 7.05 Å². The Morgan fingerprint density at radius 3 is 2.58 bits per heavy atom. The highest BCUT2D eigenvalue weighted by Gasteiger charge is 2.01. The molecule has 2 rings (SSSR count). The molecular weight excluding hydrogens is 415 g/mol. The first-order valence-electron chi connectivity index (χ1n) is 7.98. The number of ether oxygens (including phenoxy) is 1. The molecule has 24 heavy (non-hydrogen) atoms. The van der Waals surface area contributed by atoms with Crippen LogP contribution in [0.2, 0.25) is 0 Å². The maximum atomic E-state index is 5.72. The van der Waals surface area contributed by atoms with Crippen molar-refractivity contribution in [2.75, 3.05) is 13.6 Å². The van der Waals surface area contributed by atoms with Gasteiger partial charge in [-0.2, -0.15) is 0 Å². The third kappa shape index (κ3) is 7.25. The third-order valence-electron chi connectivity index (χ3n) is 3.28. The van der Waals surface area contributed by atoms with Gasteiger partial charge in [-0.3, -0.25) is 4.99 Å². The van der Waals surface area contributed by atoms with E-state index < -0.39 is 0 Å². The highest BCUT2D eigenvalue weighted by atomic mass is 127. The topological polar surface area (TPSA) is 50.6 Å². The summed E-state index contributed by atoms with van der Waals surface area (Å²) in [6.45, 7) is 6.50. The molecule has 0 radical (unpaired) electrons. The molecule has 0 saturated heterocycles. The van der Waals surface area contributed by atoms with Crippen molar-refractivity contribution in [3.05, 3.63) is 54.4 Å². The highest BCUT2D eigenvalue weighted by Crippen LogP contribution is 2.14. The molecule has 1 aromatic carbocycles. The van der Waals surface area contributed by atoms with Crippen LogP contribution in [0.5, 0.6) is 5.75 Å². The number of aromatic nitrogens is 1. The van der Waals surface area contributed by atoms with Crippen LogP contribution in [0.3, 0.4) is 0 Å². The van der Waals surface area contributed by atoms with Crippen molar-refractivity contribution in [3.8, 4) is 5.75 Å². The number of hydrogen-bond donors (Lipinski definition) is 2. The number of rotatable bonds is 7. The van der Waals surface area contributed by atoms with Gasteiger partial charge in [-0.15, -0.1) is 24.0 Å².